The Balaban J connectivity index is 2.32. The Labute approximate surface area is 103 Å². The van der Waals surface area contributed by atoms with Crippen molar-refractivity contribution in [3.63, 3.8) is 0 Å². The lowest BCUT2D eigenvalue weighted by Gasteiger charge is -2.06. The first-order valence-electron chi connectivity index (χ1n) is 5.36. The van der Waals surface area contributed by atoms with Crippen LogP contribution in [0.4, 0.5) is 4.39 Å². The molecule has 2 aromatic rings. The summed E-state index contributed by atoms with van der Waals surface area (Å²) in [5.41, 5.74) is 0.825. The molecule has 0 amide bonds. The highest BCUT2D eigenvalue weighted by Gasteiger charge is 2.23. The first-order valence-corrected chi connectivity index (χ1v) is 5.36. The Morgan fingerprint density at radius 2 is 2.06 bits per heavy atom. The molecule has 0 fully saturated rings. The molecule has 0 N–H and O–H groups in total. The van der Waals surface area contributed by atoms with E-state index in [1.165, 1.54) is 30.5 Å². The molecule has 0 aliphatic heterocycles. The molecule has 1 unspecified atom stereocenters. The van der Waals surface area contributed by atoms with Crippen LogP contribution in [0, 0.1) is 24.1 Å². The Morgan fingerprint density at radius 1 is 1.39 bits per heavy atom. The number of aryl methyl sites for hydroxylation is 1. The summed E-state index contributed by atoms with van der Waals surface area (Å²) in [7, 11) is 0. The molecule has 0 radical (unpaired) electrons. The molecule has 0 aliphatic carbocycles. The van der Waals surface area contributed by atoms with Crippen molar-refractivity contribution >= 4 is 5.78 Å². The Kier molecular flexibility index (Phi) is 3.24. The predicted octanol–water partition coefficient (Wildman–Crippen LogP) is 3.22. The van der Waals surface area contributed by atoms with Crippen LogP contribution >= 0.6 is 0 Å². The highest BCUT2D eigenvalue weighted by Crippen LogP contribution is 2.21. The third-order valence-corrected chi connectivity index (χ3v) is 2.61. The number of nitriles is 1. The fourth-order valence-corrected chi connectivity index (χ4v) is 1.68. The SMILES string of the molecule is Cc1cc(C(=O)C(C#N)c2ccc(F)cc2)co1. The predicted molar refractivity (Wildman–Crippen MR) is 62.5 cm³/mol. The normalized spacial score (nSPS) is 11.8. The number of hydrogen-bond acceptors (Lipinski definition) is 3. The summed E-state index contributed by atoms with van der Waals surface area (Å²) in [6.07, 6.45) is 1.32. The molecule has 0 bridgehead atoms. The minimum Gasteiger partial charge on any atom is -0.469 e. The zero-order chi connectivity index (χ0) is 13.1. The second kappa shape index (κ2) is 4.84. The van der Waals surface area contributed by atoms with Gasteiger partial charge >= 0.3 is 0 Å². The lowest BCUT2D eigenvalue weighted by molar-refractivity contribution is 0.0978. The number of carbonyl (C=O) groups is 1. The first kappa shape index (κ1) is 12.1. The molecule has 0 saturated carbocycles. The third-order valence-electron chi connectivity index (χ3n) is 2.61. The summed E-state index contributed by atoms with van der Waals surface area (Å²) in [4.78, 5) is 12.1. The zero-order valence-corrected chi connectivity index (χ0v) is 9.68. The van der Waals surface area contributed by atoms with E-state index in [9.17, 15) is 9.18 Å². The average molecular weight is 243 g/mol. The minimum atomic E-state index is -0.942. The number of hydrogen-bond donors (Lipinski definition) is 0. The van der Waals surface area contributed by atoms with Crippen LogP contribution < -0.4 is 0 Å². The molecule has 1 heterocycles. The smallest absolute Gasteiger partial charge is 0.187 e. The number of rotatable bonds is 3. The van der Waals surface area contributed by atoms with Crippen molar-refractivity contribution in [2.45, 2.75) is 12.8 Å². The van der Waals surface area contributed by atoms with Gasteiger partial charge in [0.1, 0.15) is 23.8 Å². The van der Waals surface area contributed by atoms with E-state index >= 15 is 0 Å². The van der Waals surface area contributed by atoms with Gasteiger partial charge in [-0.15, -0.1) is 0 Å². The van der Waals surface area contributed by atoms with Crippen molar-refractivity contribution in [2.75, 3.05) is 0 Å². The maximum atomic E-state index is 12.8. The van der Waals surface area contributed by atoms with Gasteiger partial charge < -0.3 is 4.42 Å². The number of ketones is 1. The van der Waals surface area contributed by atoms with Gasteiger partial charge in [0.25, 0.3) is 0 Å². The molecule has 2 rings (SSSR count). The number of Topliss-reactive ketones (excluding diaryl/α,β-unsaturated/α-hetero) is 1. The van der Waals surface area contributed by atoms with Gasteiger partial charge in [0.05, 0.1) is 11.6 Å². The van der Waals surface area contributed by atoms with E-state index in [-0.39, 0.29) is 5.78 Å². The van der Waals surface area contributed by atoms with Crippen LogP contribution in [0.2, 0.25) is 0 Å². The number of halogens is 1. The van der Waals surface area contributed by atoms with Crippen molar-refractivity contribution < 1.29 is 13.6 Å². The van der Waals surface area contributed by atoms with E-state index < -0.39 is 11.7 Å². The van der Waals surface area contributed by atoms with Crippen molar-refractivity contribution in [1.29, 1.82) is 5.26 Å². The fraction of sp³-hybridized carbons (Fsp3) is 0.143. The molecule has 18 heavy (non-hydrogen) atoms. The molecular weight excluding hydrogens is 233 g/mol. The van der Waals surface area contributed by atoms with Crippen molar-refractivity contribution in [1.82, 2.24) is 0 Å². The van der Waals surface area contributed by atoms with Gasteiger partial charge in [0.2, 0.25) is 0 Å². The van der Waals surface area contributed by atoms with Crippen LogP contribution in [0.3, 0.4) is 0 Å². The number of nitrogens with zero attached hydrogens (tertiary/aromatic N) is 1. The lowest BCUT2D eigenvalue weighted by atomic mass is 9.93. The molecule has 1 aromatic carbocycles. The lowest BCUT2D eigenvalue weighted by Crippen LogP contribution is -2.10. The maximum Gasteiger partial charge on any atom is 0.187 e. The number of carbonyl (C=O) groups excluding carboxylic acids is 1. The third kappa shape index (κ3) is 2.30. The molecule has 1 atom stereocenters. The van der Waals surface area contributed by atoms with E-state index in [0.29, 0.717) is 16.9 Å². The molecule has 1 aromatic heterocycles. The molecular formula is C14H10FNO2. The summed E-state index contributed by atoms with van der Waals surface area (Å²) in [6.45, 7) is 1.72. The van der Waals surface area contributed by atoms with Crippen molar-refractivity contribution in [3.8, 4) is 6.07 Å². The van der Waals surface area contributed by atoms with Crippen molar-refractivity contribution in [2.24, 2.45) is 0 Å². The fourth-order valence-electron chi connectivity index (χ4n) is 1.68. The summed E-state index contributed by atoms with van der Waals surface area (Å²) in [5.74, 6) is -1.08. The molecule has 4 heteroatoms. The molecule has 0 aliphatic rings. The second-order valence-electron chi connectivity index (χ2n) is 3.92. The van der Waals surface area contributed by atoms with Crippen LogP contribution in [0.25, 0.3) is 0 Å². The number of benzene rings is 1. The topological polar surface area (TPSA) is 54.0 Å². The second-order valence-corrected chi connectivity index (χ2v) is 3.92. The summed E-state index contributed by atoms with van der Waals surface area (Å²) < 4.78 is 17.8. The van der Waals surface area contributed by atoms with E-state index in [1.807, 2.05) is 6.07 Å². The van der Waals surface area contributed by atoms with E-state index in [2.05, 4.69) is 0 Å². The molecule has 0 saturated heterocycles. The average Bonchev–Trinajstić information content (AvgIpc) is 2.79. The quantitative estimate of drug-likeness (QED) is 0.778. The highest BCUT2D eigenvalue weighted by molar-refractivity contribution is 6.02. The minimum absolute atomic E-state index is 0.346. The van der Waals surface area contributed by atoms with Crippen LogP contribution in [0.15, 0.2) is 41.0 Å². The van der Waals surface area contributed by atoms with Gasteiger partial charge in [-0.1, -0.05) is 12.1 Å². The summed E-state index contributed by atoms with van der Waals surface area (Å²) in [5, 5.41) is 9.09. The van der Waals surface area contributed by atoms with Gasteiger partial charge in [-0.2, -0.15) is 5.26 Å². The summed E-state index contributed by atoms with van der Waals surface area (Å²) >= 11 is 0. The van der Waals surface area contributed by atoms with E-state index in [4.69, 9.17) is 9.68 Å². The molecule has 90 valence electrons. The largest absolute Gasteiger partial charge is 0.469 e. The van der Waals surface area contributed by atoms with Crippen LogP contribution in [-0.4, -0.2) is 5.78 Å². The Bertz CT molecular complexity index is 607. The van der Waals surface area contributed by atoms with Gasteiger partial charge in [-0.25, -0.2) is 4.39 Å². The molecule has 3 nitrogen and oxygen atoms in total. The van der Waals surface area contributed by atoms with Crippen LogP contribution in [0.5, 0.6) is 0 Å². The monoisotopic (exact) mass is 243 g/mol. The first-order chi connectivity index (χ1) is 8.61. The van der Waals surface area contributed by atoms with Crippen molar-refractivity contribution in [3.05, 3.63) is 59.3 Å². The summed E-state index contributed by atoms with van der Waals surface area (Å²) in [6, 6.07) is 8.85. The van der Waals surface area contributed by atoms with E-state index in [0.717, 1.165) is 0 Å². The van der Waals surface area contributed by atoms with E-state index in [1.54, 1.807) is 13.0 Å². The number of furan rings is 1. The van der Waals surface area contributed by atoms with Gasteiger partial charge in [-0.05, 0) is 30.7 Å². The Hall–Kier alpha value is -2.41. The Morgan fingerprint density at radius 3 is 2.56 bits per heavy atom. The maximum absolute atomic E-state index is 12.8. The van der Waals surface area contributed by atoms with Gasteiger partial charge in [0, 0.05) is 0 Å². The van der Waals surface area contributed by atoms with Crippen LogP contribution in [0.1, 0.15) is 27.6 Å². The zero-order valence-electron chi connectivity index (χ0n) is 9.68. The molecule has 0 spiro atoms. The van der Waals surface area contributed by atoms with Gasteiger partial charge in [-0.3, -0.25) is 4.79 Å². The highest BCUT2D eigenvalue weighted by atomic mass is 19.1. The van der Waals surface area contributed by atoms with Gasteiger partial charge in [0.15, 0.2) is 5.78 Å². The standard InChI is InChI=1S/C14H10FNO2/c1-9-6-11(8-18-9)14(17)13(7-16)10-2-4-12(15)5-3-10/h2-6,8,13H,1H3. The van der Waals surface area contributed by atoms with Crippen LogP contribution in [-0.2, 0) is 0 Å².